The third kappa shape index (κ3) is 4.32. The summed E-state index contributed by atoms with van der Waals surface area (Å²) in [6, 6.07) is 10.2. The van der Waals surface area contributed by atoms with Gasteiger partial charge in [-0.3, -0.25) is 9.59 Å². The molecule has 2 amide bonds. The Balaban J connectivity index is 1.29. The van der Waals surface area contributed by atoms with Crippen molar-refractivity contribution in [1.29, 1.82) is 0 Å². The van der Waals surface area contributed by atoms with Crippen LogP contribution in [-0.2, 0) is 25.9 Å². The topological polar surface area (TPSA) is 124 Å². The molecule has 1 unspecified atom stereocenters. The summed E-state index contributed by atoms with van der Waals surface area (Å²) in [6.45, 7) is 0.274. The SMILES string of the molecule is COC1(OC)CCC(c2ncc(CNC(=O)c3ccc4c(c3)NC(=O)c3ccccc3S4(=O)=O)s2)C1. The molecule has 36 heavy (non-hydrogen) atoms. The van der Waals surface area contributed by atoms with Crippen molar-refractivity contribution in [3.8, 4) is 0 Å². The van der Waals surface area contributed by atoms with Crippen LogP contribution in [-0.4, -0.2) is 45.2 Å². The summed E-state index contributed by atoms with van der Waals surface area (Å²) >= 11 is 1.53. The maximum absolute atomic E-state index is 13.1. The number of amides is 2. The van der Waals surface area contributed by atoms with E-state index in [-0.39, 0.29) is 45.0 Å². The van der Waals surface area contributed by atoms with Crippen molar-refractivity contribution < 1.29 is 27.5 Å². The van der Waals surface area contributed by atoms with Crippen LogP contribution in [0.4, 0.5) is 5.69 Å². The van der Waals surface area contributed by atoms with Gasteiger partial charge in [0.15, 0.2) is 5.79 Å². The van der Waals surface area contributed by atoms with Crippen molar-refractivity contribution in [3.63, 3.8) is 0 Å². The van der Waals surface area contributed by atoms with Crippen LogP contribution < -0.4 is 10.6 Å². The average Bonchev–Trinajstić information content (AvgIpc) is 3.53. The van der Waals surface area contributed by atoms with Crippen molar-refractivity contribution in [2.24, 2.45) is 0 Å². The van der Waals surface area contributed by atoms with Crippen LogP contribution in [0, 0.1) is 0 Å². The molecular weight excluding hydrogens is 502 g/mol. The highest BCUT2D eigenvalue weighted by Crippen LogP contribution is 2.44. The molecule has 0 saturated heterocycles. The van der Waals surface area contributed by atoms with Gasteiger partial charge in [-0.15, -0.1) is 11.3 Å². The van der Waals surface area contributed by atoms with Crippen LogP contribution in [0.2, 0.25) is 0 Å². The first-order valence-corrected chi connectivity index (χ1v) is 13.7. The van der Waals surface area contributed by atoms with E-state index < -0.39 is 21.5 Å². The summed E-state index contributed by atoms with van der Waals surface area (Å²) in [4.78, 5) is 30.8. The molecular formula is C25H25N3O6S2. The number of nitrogens with zero attached hydrogens (tertiary/aromatic N) is 1. The molecule has 2 aliphatic rings. The Morgan fingerprint density at radius 3 is 2.72 bits per heavy atom. The molecule has 1 fully saturated rings. The fourth-order valence-corrected chi connectivity index (χ4v) is 7.28. The highest BCUT2D eigenvalue weighted by atomic mass is 32.2. The number of sulfone groups is 1. The minimum absolute atomic E-state index is 0.0517. The monoisotopic (exact) mass is 527 g/mol. The number of thiazole rings is 1. The zero-order valence-corrected chi connectivity index (χ0v) is 21.4. The molecule has 1 aliphatic carbocycles. The number of carbonyl (C=O) groups is 2. The number of anilines is 1. The largest absolute Gasteiger partial charge is 0.353 e. The summed E-state index contributed by atoms with van der Waals surface area (Å²) in [5.41, 5.74) is 0.377. The van der Waals surface area contributed by atoms with Crippen molar-refractivity contribution in [2.75, 3.05) is 19.5 Å². The van der Waals surface area contributed by atoms with Gasteiger partial charge < -0.3 is 20.1 Å². The predicted octanol–water partition coefficient (Wildman–Crippen LogP) is 3.73. The summed E-state index contributed by atoms with van der Waals surface area (Å²) in [7, 11) is -0.626. The number of hydrogen-bond donors (Lipinski definition) is 2. The Morgan fingerprint density at radius 2 is 1.97 bits per heavy atom. The lowest BCUT2D eigenvalue weighted by Gasteiger charge is -2.25. The summed E-state index contributed by atoms with van der Waals surface area (Å²) in [5, 5.41) is 6.46. The van der Waals surface area contributed by atoms with E-state index in [0.717, 1.165) is 29.1 Å². The Hall–Kier alpha value is -3.12. The molecule has 0 bridgehead atoms. The zero-order valence-electron chi connectivity index (χ0n) is 19.7. The molecule has 2 aromatic carbocycles. The van der Waals surface area contributed by atoms with Crippen molar-refractivity contribution in [1.82, 2.24) is 10.3 Å². The number of benzene rings is 2. The smallest absolute Gasteiger partial charge is 0.257 e. The molecule has 3 aromatic rings. The Labute approximate surface area is 212 Å². The highest BCUT2D eigenvalue weighted by Gasteiger charge is 2.41. The molecule has 9 nitrogen and oxygen atoms in total. The summed E-state index contributed by atoms with van der Waals surface area (Å²) in [5.74, 6) is -1.26. The van der Waals surface area contributed by atoms with Crippen molar-refractivity contribution in [3.05, 3.63) is 69.7 Å². The molecule has 2 N–H and O–H groups in total. The van der Waals surface area contributed by atoms with E-state index in [1.54, 1.807) is 32.5 Å². The third-order valence-electron chi connectivity index (χ3n) is 6.72. The quantitative estimate of drug-likeness (QED) is 0.468. The number of carbonyl (C=O) groups excluding carboxylic acids is 2. The van der Waals surface area contributed by atoms with E-state index in [0.29, 0.717) is 0 Å². The van der Waals surface area contributed by atoms with E-state index >= 15 is 0 Å². The fraction of sp³-hybridized carbons (Fsp3) is 0.320. The summed E-state index contributed by atoms with van der Waals surface area (Å²) < 4.78 is 37.4. The van der Waals surface area contributed by atoms with Crippen LogP contribution in [0.5, 0.6) is 0 Å². The van der Waals surface area contributed by atoms with Crippen LogP contribution >= 0.6 is 11.3 Å². The lowest BCUT2D eigenvalue weighted by Crippen LogP contribution is -2.29. The van der Waals surface area contributed by atoms with Gasteiger partial charge in [0.1, 0.15) is 0 Å². The number of ether oxygens (including phenoxy) is 2. The number of methoxy groups -OCH3 is 2. The Kier molecular flexibility index (Phi) is 6.41. The van der Waals surface area contributed by atoms with Crippen LogP contribution in [0.25, 0.3) is 0 Å². The van der Waals surface area contributed by atoms with Gasteiger partial charge in [-0.25, -0.2) is 13.4 Å². The van der Waals surface area contributed by atoms with E-state index in [9.17, 15) is 18.0 Å². The number of aromatic nitrogens is 1. The molecule has 188 valence electrons. The van der Waals surface area contributed by atoms with Gasteiger partial charge in [0, 0.05) is 49.6 Å². The maximum atomic E-state index is 13.1. The molecule has 0 spiro atoms. The number of nitrogens with one attached hydrogen (secondary N) is 2. The highest BCUT2D eigenvalue weighted by molar-refractivity contribution is 7.91. The molecule has 1 saturated carbocycles. The van der Waals surface area contributed by atoms with Crippen molar-refractivity contribution in [2.45, 2.75) is 47.3 Å². The first-order chi connectivity index (χ1) is 17.3. The predicted molar refractivity (Wildman–Crippen MR) is 133 cm³/mol. The van der Waals surface area contributed by atoms with Crippen molar-refractivity contribution >= 4 is 38.7 Å². The molecule has 2 heterocycles. The molecule has 1 aromatic heterocycles. The van der Waals surface area contributed by atoms with E-state index in [1.165, 1.54) is 41.7 Å². The molecule has 1 aliphatic heterocycles. The second kappa shape index (κ2) is 9.40. The number of rotatable bonds is 6. The minimum atomic E-state index is -3.93. The fourth-order valence-electron chi connectivity index (χ4n) is 4.70. The first-order valence-electron chi connectivity index (χ1n) is 11.4. The molecule has 5 rings (SSSR count). The van der Waals surface area contributed by atoms with Gasteiger partial charge in [0.2, 0.25) is 9.84 Å². The molecule has 0 radical (unpaired) electrons. The number of fused-ring (bicyclic) bond motifs is 2. The zero-order chi connectivity index (χ0) is 25.5. The normalized spacial score (nSPS) is 19.6. The van der Waals surface area contributed by atoms with E-state index in [4.69, 9.17) is 9.47 Å². The van der Waals surface area contributed by atoms with Crippen LogP contribution in [0.15, 0.2) is 58.5 Å². The maximum Gasteiger partial charge on any atom is 0.257 e. The Morgan fingerprint density at radius 1 is 1.19 bits per heavy atom. The first kappa shape index (κ1) is 24.6. The van der Waals surface area contributed by atoms with Gasteiger partial charge in [-0.2, -0.15) is 0 Å². The second-order valence-corrected chi connectivity index (χ2v) is 11.8. The van der Waals surface area contributed by atoms with Crippen LogP contribution in [0.1, 0.15) is 55.8 Å². The minimum Gasteiger partial charge on any atom is -0.353 e. The van der Waals surface area contributed by atoms with E-state index in [2.05, 4.69) is 15.6 Å². The van der Waals surface area contributed by atoms with Gasteiger partial charge in [0.05, 0.1) is 32.6 Å². The molecule has 1 atom stereocenters. The lowest BCUT2D eigenvalue weighted by atomic mass is 10.1. The van der Waals surface area contributed by atoms with Gasteiger partial charge >= 0.3 is 0 Å². The van der Waals surface area contributed by atoms with Gasteiger partial charge in [-0.1, -0.05) is 12.1 Å². The lowest BCUT2D eigenvalue weighted by molar-refractivity contribution is -0.201. The van der Waals surface area contributed by atoms with E-state index in [1.807, 2.05) is 0 Å². The van der Waals surface area contributed by atoms with Crippen LogP contribution in [0.3, 0.4) is 0 Å². The average molecular weight is 528 g/mol. The summed E-state index contributed by atoms with van der Waals surface area (Å²) in [6.07, 6.45) is 4.19. The second-order valence-electron chi connectivity index (χ2n) is 8.77. The molecule has 11 heteroatoms. The van der Waals surface area contributed by atoms with Gasteiger partial charge in [-0.05, 0) is 36.8 Å². The third-order valence-corrected chi connectivity index (χ3v) is 9.75. The number of hydrogen-bond acceptors (Lipinski definition) is 8. The standard InChI is InChI=1S/C25H25N3O6S2/c1-33-25(34-2)10-9-16(12-25)24-27-14-17(35-24)13-26-22(29)15-7-8-21-19(11-15)28-23(30)18-5-3-4-6-20(18)36(21,31)32/h3-8,11,14,16H,9-10,12-13H2,1-2H3,(H,26,29)(H,28,30). The van der Waals surface area contributed by atoms with Gasteiger partial charge in [0.25, 0.3) is 11.8 Å². The Bertz CT molecular complexity index is 1450.